The molecule has 2 rings (SSSR count). The van der Waals surface area contributed by atoms with Gasteiger partial charge in [0.25, 0.3) is 5.91 Å². The van der Waals surface area contributed by atoms with Crippen LogP contribution in [0.25, 0.3) is 0 Å². The van der Waals surface area contributed by atoms with Crippen LogP contribution in [0, 0.1) is 0 Å². The molecule has 0 aliphatic heterocycles. The van der Waals surface area contributed by atoms with Gasteiger partial charge in [-0.25, -0.2) is 13.4 Å². The fourth-order valence-electron chi connectivity index (χ4n) is 1.83. The summed E-state index contributed by atoms with van der Waals surface area (Å²) in [6.07, 6.45) is 2.77. The van der Waals surface area contributed by atoms with Gasteiger partial charge in [0.1, 0.15) is 0 Å². The molecular weight excluding hydrogens is 278 g/mol. The SMILES string of the molecule is CNC(=O)c1ccc(CS(=O)(=O)c2cncn2C)cc1. The molecule has 0 bridgehead atoms. The van der Waals surface area contributed by atoms with E-state index >= 15 is 0 Å². The summed E-state index contributed by atoms with van der Waals surface area (Å²) in [5.41, 5.74) is 1.12. The largest absolute Gasteiger partial charge is 0.355 e. The molecule has 20 heavy (non-hydrogen) atoms. The number of nitrogens with zero attached hydrogens (tertiary/aromatic N) is 2. The van der Waals surface area contributed by atoms with Crippen molar-refractivity contribution < 1.29 is 13.2 Å². The Labute approximate surface area is 117 Å². The summed E-state index contributed by atoms with van der Waals surface area (Å²) < 4.78 is 25.9. The highest BCUT2D eigenvalue weighted by molar-refractivity contribution is 7.90. The Hall–Kier alpha value is -2.15. The van der Waals surface area contributed by atoms with Gasteiger partial charge >= 0.3 is 0 Å². The second kappa shape index (κ2) is 5.46. The summed E-state index contributed by atoms with van der Waals surface area (Å²) in [7, 11) is -0.261. The molecule has 7 heteroatoms. The number of benzene rings is 1. The van der Waals surface area contributed by atoms with E-state index in [1.54, 1.807) is 38.4 Å². The second-order valence-electron chi connectivity index (χ2n) is 4.38. The van der Waals surface area contributed by atoms with Gasteiger partial charge in [-0.1, -0.05) is 12.1 Å². The van der Waals surface area contributed by atoms with Crippen molar-refractivity contribution in [1.82, 2.24) is 14.9 Å². The molecule has 0 saturated carbocycles. The number of aryl methyl sites for hydroxylation is 1. The number of hydrogen-bond acceptors (Lipinski definition) is 4. The number of carbonyl (C=O) groups is 1. The Balaban J connectivity index is 2.22. The lowest BCUT2D eigenvalue weighted by atomic mass is 10.1. The lowest BCUT2D eigenvalue weighted by molar-refractivity contribution is 0.0963. The van der Waals surface area contributed by atoms with Crippen molar-refractivity contribution in [3.8, 4) is 0 Å². The fraction of sp³-hybridized carbons (Fsp3) is 0.231. The maximum absolute atomic E-state index is 12.2. The van der Waals surface area contributed by atoms with Crippen molar-refractivity contribution in [2.45, 2.75) is 10.8 Å². The van der Waals surface area contributed by atoms with Crippen molar-refractivity contribution in [2.24, 2.45) is 7.05 Å². The third-order valence-corrected chi connectivity index (χ3v) is 4.64. The Kier molecular flexibility index (Phi) is 3.89. The van der Waals surface area contributed by atoms with Gasteiger partial charge in [-0.05, 0) is 17.7 Å². The van der Waals surface area contributed by atoms with Gasteiger partial charge in [0.05, 0.1) is 18.3 Å². The topological polar surface area (TPSA) is 81.1 Å². The highest BCUT2D eigenvalue weighted by Crippen LogP contribution is 2.16. The zero-order valence-corrected chi connectivity index (χ0v) is 12.0. The van der Waals surface area contributed by atoms with E-state index in [1.165, 1.54) is 17.1 Å². The van der Waals surface area contributed by atoms with Crippen molar-refractivity contribution in [2.75, 3.05) is 7.05 Å². The van der Waals surface area contributed by atoms with Crippen LogP contribution in [0.1, 0.15) is 15.9 Å². The molecular formula is C13H15N3O3S. The van der Waals surface area contributed by atoms with Crippen LogP contribution in [0.2, 0.25) is 0 Å². The first-order valence-electron chi connectivity index (χ1n) is 5.94. The number of carbonyl (C=O) groups excluding carboxylic acids is 1. The van der Waals surface area contributed by atoms with Gasteiger partial charge in [-0.3, -0.25) is 4.79 Å². The molecule has 0 aliphatic rings. The van der Waals surface area contributed by atoms with E-state index in [4.69, 9.17) is 0 Å². The predicted octanol–water partition coefficient (Wildman–Crippen LogP) is 0.754. The molecule has 1 aromatic heterocycles. The van der Waals surface area contributed by atoms with E-state index in [1.807, 2.05) is 0 Å². The summed E-state index contributed by atoms with van der Waals surface area (Å²) in [5.74, 6) is -0.327. The number of hydrogen-bond donors (Lipinski definition) is 1. The molecule has 0 atom stereocenters. The molecule has 0 unspecified atom stereocenters. The molecule has 0 spiro atoms. The maximum Gasteiger partial charge on any atom is 0.251 e. The van der Waals surface area contributed by atoms with E-state index in [0.717, 1.165) is 0 Å². The summed E-state index contributed by atoms with van der Waals surface area (Å²) in [6.45, 7) is 0. The normalized spacial score (nSPS) is 11.3. The first-order valence-corrected chi connectivity index (χ1v) is 7.59. The summed E-state index contributed by atoms with van der Waals surface area (Å²) in [5, 5.41) is 2.68. The molecule has 1 heterocycles. The zero-order chi connectivity index (χ0) is 14.8. The average Bonchev–Trinajstić information content (AvgIpc) is 2.85. The fourth-order valence-corrected chi connectivity index (χ4v) is 3.32. The molecule has 106 valence electrons. The van der Waals surface area contributed by atoms with Gasteiger partial charge in [-0.2, -0.15) is 0 Å². The van der Waals surface area contributed by atoms with Crippen LogP contribution in [0.15, 0.2) is 41.8 Å². The smallest absolute Gasteiger partial charge is 0.251 e. The highest BCUT2D eigenvalue weighted by Gasteiger charge is 2.19. The summed E-state index contributed by atoms with van der Waals surface area (Å²) in [4.78, 5) is 15.2. The van der Waals surface area contributed by atoms with Crippen molar-refractivity contribution in [3.63, 3.8) is 0 Å². The molecule has 0 saturated heterocycles. The number of imidazole rings is 1. The summed E-state index contributed by atoms with van der Waals surface area (Å²) in [6, 6.07) is 6.48. The Morgan fingerprint density at radius 3 is 2.45 bits per heavy atom. The molecule has 1 N–H and O–H groups in total. The van der Waals surface area contributed by atoms with E-state index in [9.17, 15) is 13.2 Å². The highest BCUT2D eigenvalue weighted by atomic mass is 32.2. The average molecular weight is 293 g/mol. The maximum atomic E-state index is 12.2. The van der Waals surface area contributed by atoms with Crippen LogP contribution < -0.4 is 5.32 Å². The van der Waals surface area contributed by atoms with Gasteiger partial charge in [0, 0.05) is 19.7 Å². The zero-order valence-electron chi connectivity index (χ0n) is 11.2. The lowest BCUT2D eigenvalue weighted by Gasteiger charge is -2.06. The van der Waals surface area contributed by atoms with E-state index in [-0.39, 0.29) is 16.7 Å². The number of aromatic nitrogens is 2. The van der Waals surface area contributed by atoms with Gasteiger partial charge in [0.2, 0.25) is 0 Å². The minimum absolute atomic E-state index is 0.124. The summed E-state index contributed by atoms with van der Waals surface area (Å²) >= 11 is 0. The van der Waals surface area contributed by atoms with Crippen LogP contribution in [-0.2, 0) is 22.6 Å². The quantitative estimate of drug-likeness (QED) is 0.902. The first kappa shape index (κ1) is 14.3. The van der Waals surface area contributed by atoms with Crippen LogP contribution in [0.3, 0.4) is 0 Å². The number of nitrogens with one attached hydrogen (secondary N) is 1. The van der Waals surface area contributed by atoms with Crippen LogP contribution in [-0.4, -0.2) is 30.9 Å². The van der Waals surface area contributed by atoms with Crippen LogP contribution in [0.4, 0.5) is 0 Å². The third kappa shape index (κ3) is 2.88. The van der Waals surface area contributed by atoms with Crippen molar-refractivity contribution in [1.29, 1.82) is 0 Å². The number of rotatable bonds is 4. The van der Waals surface area contributed by atoms with E-state index in [2.05, 4.69) is 10.3 Å². The Morgan fingerprint density at radius 2 is 1.95 bits per heavy atom. The molecule has 6 nitrogen and oxygen atoms in total. The molecule has 2 aromatic rings. The Morgan fingerprint density at radius 1 is 1.30 bits per heavy atom. The Bertz CT molecular complexity index is 718. The van der Waals surface area contributed by atoms with Crippen LogP contribution in [0.5, 0.6) is 0 Å². The molecule has 0 aliphatic carbocycles. The third-order valence-electron chi connectivity index (χ3n) is 2.89. The van der Waals surface area contributed by atoms with Crippen molar-refractivity contribution >= 4 is 15.7 Å². The van der Waals surface area contributed by atoms with Crippen molar-refractivity contribution in [3.05, 3.63) is 47.9 Å². The first-order chi connectivity index (χ1) is 9.44. The molecule has 0 radical (unpaired) electrons. The van der Waals surface area contributed by atoms with Crippen LogP contribution >= 0.6 is 0 Å². The minimum Gasteiger partial charge on any atom is -0.355 e. The van der Waals surface area contributed by atoms with Gasteiger partial charge in [-0.15, -0.1) is 0 Å². The van der Waals surface area contributed by atoms with Gasteiger partial charge in [0.15, 0.2) is 14.9 Å². The van der Waals surface area contributed by atoms with E-state index < -0.39 is 9.84 Å². The second-order valence-corrected chi connectivity index (χ2v) is 6.31. The molecule has 1 aromatic carbocycles. The van der Waals surface area contributed by atoms with Gasteiger partial charge < -0.3 is 9.88 Å². The monoisotopic (exact) mass is 293 g/mol. The number of amides is 1. The number of sulfone groups is 1. The minimum atomic E-state index is -3.44. The molecule has 0 fully saturated rings. The standard InChI is InChI=1S/C13H15N3O3S/c1-14-13(17)11-5-3-10(4-6-11)8-20(18,19)12-7-15-9-16(12)2/h3-7,9H,8H2,1-2H3,(H,14,17). The lowest BCUT2D eigenvalue weighted by Crippen LogP contribution is -2.17. The van der Waals surface area contributed by atoms with E-state index in [0.29, 0.717) is 11.1 Å². The molecule has 1 amide bonds. The predicted molar refractivity (Wildman–Crippen MR) is 73.9 cm³/mol.